The predicted molar refractivity (Wildman–Crippen MR) is 63.2 cm³/mol. The fourth-order valence-electron chi connectivity index (χ4n) is 1.32. The van der Waals surface area contributed by atoms with E-state index in [1.54, 1.807) is 30.3 Å². The molecule has 0 fully saturated rings. The van der Waals surface area contributed by atoms with Crippen LogP contribution < -0.4 is 5.32 Å². The Bertz CT molecular complexity index is 453. The van der Waals surface area contributed by atoms with Gasteiger partial charge in [-0.2, -0.15) is 0 Å². The number of carbonyl (C=O) groups excluding carboxylic acids is 1. The van der Waals surface area contributed by atoms with Crippen LogP contribution in [0.4, 0.5) is 0 Å². The minimum Gasteiger partial charge on any atom is -0.369 e. The van der Waals surface area contributed by atoms with Gasteiger partial charge in [0.25, 0.3) is 5.91 Å². The van der Waals surface area contributed by atoms with Crippen LogP contribution in [-0.4, -0.2) is 11.0 Å². The van der Waals surface area contributed by atoms with Crippen molar-refractivity contribution in [2.45, 2.75) is 6.23 Å². The predicted octanol–water partition coefficient (Wildman–Crippen LogP) is 2.17. The van der Waals surface area contributed by atoms with Gasteiger partial charge in [0.05, 0.1) is 4.88 Å². The number of amides is 1. The number of nitrogens with one attached hydrogen (secondary N) is 1. The Morgan fingerprint density at radius 2 is 1.94 bits per heavy atom. The molecule has 4 heteroatoms. The lowest BCUT2D eigenvalue weighted by Crippen LogP contribution is -2.27. The van der Waals surface area contributed by atoms with E-state index in [-0.39, 0.29) is 5.91 Å². The van der Waals surface area contributed by atoms with E-state index in [1.807, 2.05) is 17.5 Å². The highest BCUT2D eigenvalue weighted by Crippen LogP contribution is 2.16. The van der Waals surface area contributed by atoms with Crippen LogP contribution in [0, 0.1) is 0 Å². The second-order valence-corrected chi connectivity index (χ2v) is 4.24. The summed E-state index contributed by atoms with van der Waals surface area (Å²) >= 11 is 1.40. The van der Waals surface area contributed by atoms with Gasteiger partial charge in [0, 0.05) is 5.56 Å². The molecule has 2 N–H and O–H groups in total. The first-order valence-corrected chi connectivity index (χ1v) is 5.73. The van der Waals surface area contributed by atoms with Crippen LogP contribution in [0.3, 0.4) is 0 Å². The number of hydrogen-bond acceptors (Lipinski definition) is 3. The average Bonchev–Trinajstić information content (AvgIpc) is 2.83. The number of benzene rings is 1. The van der Waals surface area contributed by atoms with Crippen molar-refractivity contribution in [1.29, 1.82) is 0 Å². The summed E-state index contributed by atoms with van der Waals surface area (Å²) in [5.74, 6) is -0.276. The quantitative estimate of drug-likeness (QED) is 0.798. The molecular formula is C12H11NO2S. The minimum absolute atomic E-state index is 0.276. The Hall–Kier alpha value is -1.65. The Morgan fingerprint density at radius 1 is 1.19 bits per heavy atom. The maximum Gasteiger partial charge on any atom is 0.253 e. The summed E-state index contributed by atoms with van der Waals surface area (Å²) in [6.07, 6.45) is -0.937. The highest BCUT2D eigenvalue weighted by Gasteiger charge is 2.12. The zero-order valence-electron chi connectivity index (χ0n) is 8.46. The second kappa shape index (κ2) is 4.92. The lowest BCUT2D eigenvalue weighted by atomic mass is 10.2. The van der Waals surface area contributed by atoms with Crippen LogP contribution in [0.2, 0.25) is 0 Å². The first kappa shape index (κ1) is 10.9. The first-order valence-electron chi connectivity index (χ1n) is 4.85. The summed E-state index contributed by atoms with van der Waals surface area (Å²) in [4.78, 5) is 12.4. The van der Waals surface area contributed by atoms with Gasteiger partial charge >= 0.3 is 0 Å². The van der Waals surface area contributed by atoms with Crippen LogP contribution in [0.25, 0.3) is 0 Å². The van der Waals surface area contributed by atoms with Crippen molar-refractivity contribution in [1.82, 2.24) is 5.32 Å². The Balaban J connectivity index is 2.03. The molecule has 0 aliphatic rings. The summed E-state index contributed by atoms with van der Waals surface area (Å²) in [6.45, 7) is 0. The molecule has 1 amide bonds. The lowest BCUT2D eigenvalue weighted by Gasteiger charge is -2.10. The van der Waals surface area contributed by atoms with E-state index in [2.05, 4.69) is 5.32 Å². The summed E-state index contributed by atoms with van der Waals surface area (Å²) in [7, 11) is 0. The molecule has 1 unspecified atom stereocenters. The summed E-state index contributed by atoms with van der Waals surface area (Å²) in [5.41, 5.74) is 0.540. The van der Waals surface area contributed by atoms with Crippen molar-refractivity contribution in [2.24, 2.45) is 0 Å². The molecule has 0 spiro atoms. The molecule has 0 aliphatic carbocycles. The highest BCUT2D eigenvalue weighted by molar-refractivity contribution is 7.10. The smallest absolute Gasteiger partial charge is 0.253 e. The van der Waals surface area contributed by atoms with E-state index in [1.165, 1.54) is 11.3 Å². The molecule has 0 radical (unpaired) electrons. The molecular weight excluding hydrogens is 222 g/mol. The molecule has 0 aliphatic heterocycles. The molecule has 1 heterocycles. The van der Waals surface area contributed by atoms with Gasteiger partial charge in [0.1, 0.15) is 0 Å². The third-order valence-electron chi connectivity index (χ3n) is 2.12. The molecule has 2 rings (SSSR count). The van der Waals surface area contributed by atoms with Crippen LogP contribution in [0.15, 0.2) is 47.8 Å². The SMILES string of the molecule is O=C(NC(O)c1cccs1)c1ccccc1. The highest BCUT2D eigenvalue weighted by atomic mass is 32.1. The Labute approximate surface area is 97.4 Å². The third-order valence-corrected chi connectivity index (χ3v) is 3.04. The topological polar surface area (TPSA) is 49.3 Å². The molecule has 0 saturated carbocycles. The van der Waals surface area contributed by atoms with Gasteiger partial charge < -0.3 is 10.4 Å². The number of thiophene rings is 1. The molecule has 0 bridgehead atoms. The van der Waals surface area contributed by atoms with Crippen molar-refractivity contribution < 1.29 is 9.90 Å². The third kappa shape index (κ3) is 2.48. The van der Waals surface area contributed by atoms with Crippen molar-refractivity contribution in [3.8, 4) is 0 Å². The van der Waals surface area contributed by atoms with Crippen molar-refractivity contribution in [2.75, 3.05) is 0 Å². The van der Waals surface area contributed by atoms with Gasteiger partial charge in [0.15, 0.2) is 6.23 Å². The van der Waals surface area contributed by atoms with Gasteiger partial charge in [0.2, 0.25) is 0 Å². The van der Waals surface area contributed by atoms with Gasteiger partial charge in [-0.05, 0) is 23.6 Å². The summed E-state index contributed by atoms with van der Waals surface area (Å²) < 4.78 is 0. The van der Waals surface area contributed by atoms with Crippen molar-refractivity contribution in [3.63, 3.8) is 0 Å². The fourth-order valence-corrected chi connectivity index (χ4v) is 1.97. The van der Waals surface area contributed by atoms with E-state index in [4.69, 9.17) is 0 Å². The molecule has 1 atom stereocenters. The second-order valence-electron chi connectivity index (χ2n) is 3.26. The number of hydrogen-bond donors (Lipinski definition) is 2. The zero-order valence-corrected chi connectivity index (χ0v) is 9.28. The van der Waals surface area contributed by atoms with Crippen LogP contribution in [0.5, 0.6) is 0 Å². The molecule has 3 nitrogen and oxygen atoms in total. The van der Waals surface area contributed by atoms with E-state index < -0.39 is 6.23 Å². The zero-order chi connectivity index (χ0) is 11.4. The number of rotatable bonds is 3. The van der Waals surface area contributed by atoms with Crippen LogP contribution in [0.1, 0.15) is 21.5 Å². The first-order chi connectivity index (χ1) is 7.77. The lowest BCUT2D eigenvalue weighted by molar-refractivity contribution is 0.0791. The molecule has 0 saturated heterocycles. The maximum atomic E-state index is 11.7. The minimum atomic E-state index is -0.937. The van der Waals surface area contributed by atoms with Crippen molar-refractivity contribution >= 4 is 17.2 Å². The Kier molecular flexibility index (Phi) is 3.34. The number of aliphatic hydroxyl groups is 1. The standard InChI is InChI=1S/C12H11NO2S/c14-11(9-5-2-1-3-6-9)13-12(15)10-7-4-8-16-10/h1-8,12,15H,(H,13,14). The van der Waals surface area contributed by atoms with E-state index in [9.17, 15) is 9.90 Å². The van der Waals surface area contributed by atoms with Gasteiger partial charge in [-0.1, -0.05) is 24.3 Å². The molecule has 1 aromatic heterocycles. The Morgan fingerprint density at radius 3 is 2.56 bits per heavy atom. The van der Waals surface area contributed by atoms with Crippen molar-refractivity contribution in [3.05, 3.63) is 58.3 Å². The van der Waals surface area contributed by atoms with E-state index in [0.29, 0.717) is 5.56 Å². The average molecular weight is 233 g/mol. The largest absolute Gasteiger partial charge is 0.369 e. The van der Waals surface area contributed by atoms with Gasteiger partial charge in [-0.25, -0.2) is 0 Å². The number of aliphatic hydroxyl groups excluding tert-OH is 1. The summed E-state index contributed by atoms with van der Waals surface area (Å²) in [5, 5.41) is 14.1. The van der Waals surface area contributed by atoms with E-state index in [0.717, 1.165) is 4.88 Å². The van der Waals surface area contributed by atoms with Gasteiger partial charge in [-0.3, -0.25) is 4.79 Å². The molecule has 1 aromatic carbocycles. The maximum absolute atomic E-state index is 11.7. The molecule has 2 aromatic rings. The summed E-state index contributed by atoms with van der Waals surface area (Å²) in [6, 6.07) is 12.4. The van der Waals surface area contributed by atoms with E-state index >= 15 is 0 Å². The molecule has 16 heavy (non-hydrogen) atoms. The monoisotopic (exact) mass is 233 g/mol. The molecule has 82 valence electrons. The van der Waals surface area contributed by atoms with Gasteiger partial charge in [-0.15, -0.1) is 11.3 Å². The normalized spacial score (nSPS) is 12.1. The fraction of sp³-hybridized carbons (Fsp3) is 0.0833. The van der Waals surface area contributed by atoms with Crippen LogP contribution in [-0.2, 0) is 0 Å². The number of carbonyl (C=O) groups is 1. The van der Waals surface area contributed by atoms with Crippen LogP contribution >= 0.6 is 11.3 Å².